The van der Waals surface area contributed by atoms with Crippen LogP contribution in [0.25, 0.3) is 0 Å². The molecular formula is C23H27N5O2S. The lowest BCUT2D eigenvalue weighted by Gasteiger charge is -2.37. The molecule has 0 spiro atoms. The van der Waals surface area contributed by atoms with Gasteiger partial charge in [-0.1, -0.05) is 17.7 Å². The van der Waals surface area contributed by atoms with Crippen LogP contribution in [0.4, 0.5) is 11.6 Å². The SMILES string of the molecule is CCOC(=O)C1=C(C)N(c2ccc(C)cc2)C(=S)N[C@H]1c1cnc(N2CCCC2)nc1. The van der Waals surface area contributed by atoms with Crippen LogP contribution in [0.15, 0.2) is 47.9 Å². The fraction of sp³-hybridized carbons (Fsp3) is 0.391. The van der Waals surface area contributed by atoms with Gasteiger partial charge >= 0.3 is 5.97 Å². The Labute approximate surface area is 188 Å². The fourth-order valence-corrected chi connectivity index (χ4v) is 4.39. The van der Waals surface area contributed by atoms with Gasteiger partial charge in [-0.05, 0) is 58.0 Å². The average molecular weight is 438 g/mol. The molecule has 1 fully saturated rings. The minimum absolute atomic E-state index is 0.293. The number of ether oxygens (including phenoxy) is 1. The van der Waals surface area contributed by atoms with Crippen molar-refractivity contribution in [2.75, 3.05) is 29.5 Å². The van der Waals surface area contributed by atoms with Crippen molar-refractivity contribution in [3.63, 3.8) is 0 Å². The molecule has 1 N–H and O–H groups in total. The van der Waals surface area contributed by atoms with Gasteiger partial charge in [0, 0.05) is 42.4 Å². The number of carbonyl (C=O) groups excluding carboxylic acids is 1. The van der Waals surface area contributed by atoms with Crippen molar-refractivity contribution < 1.29 is 9.53 Å². The second-order valence-electron chi connectivity index (χ2n) is 7.78. The summed E-state index contributed by atoms with van der Waals surface area (Å²) in [5, 5.41) is 3.83. The maximum absolute atomic E-state index is 13.0. The van der Waals surface area contributed by atoms with Crippen molar-refractivity contribution in [2.45, 2.75) is 39.7 Å². The minimum atomic E-state index is -0.471. The predicted molar refractivity (Wildman–Crippen MR) is 125 cm³/mol. The van der Waals surface area contributed by atoms with Crippen molar-refractivity contribution >= 4 is 34.9 Å². The summed E-state index contributed by atoms with van der Waals surface area (Å²) in [6.45, 7) is 7.97. The standard InChI is InChI=1S/C23H27N5O2S/c1-4-30-21(29)19-16(3)28(18-9-7-15(2)8-10-18)23(31)26-20(19)17-13-24-22(25-14-17)27-11-5-6-12-27/h7-10,13-14,20H,4-6,11-12H2,1-3H3,(H,26,31)/t20-/m0/s1. The Bertz CT molecular complexity index is 998. The lowest BCUT2D eigenvalue weighted by molar-refractivity contribution is -0.139. The van der Waals surface area contributed by atoms with E-state index < -0.39 is 6.04 Å². The molecule has 7 nitrogen and oxygen atoms in total. The van der Waals surface area contributed by atoms with Crippen LogP contribution in [0.3, 0.4) is 0 Å². The van der Waals surface area contributed by atoms with Crippen LogP contribution < -0.4 is 15.1 Å². The quantitative estimate of drug-likeness (QED) is 0.561. The second kappa shape index (κ2) is 9.01. The lowest BCUT2D eigenvalue weighted by Crippen LogP contribution is -2.48. The van der Waals surface area contributed by atoms with E-state index >= 15 is 0 Å². The van der Waals surface area contributed by atoms with Crippen LogP contribution in [-0.4, -0.2) is 40.7 Å². The summed E-state index contributed by atoms with van der Waals surface area (Å²) >= 11 is 5.69. The molecule has 3 heterocycles. The van der Waals surface area contributed by atoms with Crippen LogP contribution in [0.5, 0.6) is 0 Å². The number of nitrogens with one attached hydrogen (secondary N) is 1. The average Bonchev–Trinajstić information content (AvgIpc) is 3.30. The van der Waals surface area contributed by atoms with Crippen molar-refractivity contribution in [3.05, 3.63) is 59.1 Å². The highest BCUT2D eigenvalue weighted by Gasteiger charge is 2.36. The van der Waals surface area contributed by atoms with E-state index in [2.05, 4.69) is 20.2 Å². The van der Waals surface area contributed by atoms with Crippen molar-refractivity contribution in [2.24, 2.45) is 0 Å². The molecule has 2 aliphatic heterocycles. The molecular weight excluding hydrogens is 410 g/mol. The Morgan fingerprint density at radius 2 is 1.81 bits per heavy atom. The van der Waals surface area contributed by atoms with Gasteiger partial charge in [0.15, 0.2) is 5.11 Å². The number of benzene rings is 1. The first-order chi connectivity index (χ1) is 15.0. The number of aryl methyl sites for hydroxylation is 1. The molecule has 31 heavy (non-hydrogen) atoms. The summed E-state index contributed by atoms with van der Waals surface area (Å²) in [5.74, 6) is 0.347. The van der Waals surface area contributed by atoms with Gasteiger partial charge in [0.1, 0.15) is 0 Å². The Morgan fingerprint density at radius 1 is 1.16 bits per heavy atom. The van der Waals surface area contributed by atoms with E-state index in [0.717, 1.165) is 54.4 Å². The van der Waals surface area contributed by atoms with Crippen LogP contribution >= 0.6 is 12.2 Å². The van der Waals surface area contributed by atoms with Crippen molar-refractivity contribution in [1.82, 2.24) is 15.3 Å². The molecule has 0 aliphatic carbocycles. The predicted octanol–water partition coefficient (Wildman–Crippen LogP) is 3.66. The molecule has 1 saturated heterocycles. The maximum atomic E-state index is 13.0. The summed E-state index contributed by atoms with van der Waals surface area (Å²) in [4.78, 5) is 26.1. The van der Waals surface area contributed by atoms with Gasteiger partial charge in [-0.3, -0.25) is 4.90 Å². The Morgan fingerprint density at radius 3 is 2.42 bits per heavy atom. The van der Waals surface area contributed by atoms with Crippen LogP contribution in [0.1, 0.15) is 43.9 Å². The zero-order valence-electron chi connectivity index (χ0n) is 18.1. The Balaban J connectivity index is 1.72. The van der Waals surface area contributed by atoms with Gasteiger partial charge in [0.25, 0.3) is 0 Å². The summed E-state index contributed by atoms with van der Waals surface area (Å²) in [5.41, 5.74) is 4.06. The molecule has 0 amide bonds. The first-order valence-electron chi connectivity index (χ1n) is 10.6. The number of esters is 1. The number of allylic oxidation sites excluding steroid dienone is 1. The highest BCUT2D eigenvalue weighted by molar-refractivity contribution is 7.80. The zero-order chi connectivity index (χ0) is 22.0. The van der Waals surface area contributed by atoms with Crippen molar-refractivity contribution in [1.29, 1.82) is 0 Å². The lowest BCUT2D eigenvalue weighted by atomic mass is 9.96. The Hall–Kier alpha value is -3.00. The molecule has 1 aromatic heterocycles. The third-order valence-corrected chi connectivity index (χ3v) is 5.95. The number of rotatable bonds is 5. The van der Waals surface area contributed by atoms with E-state index in [1.54, 1.807) is 19.3 Å². The van der Waals surface area contributed by atoms with E-state index in [0.29, 0.717) is 17.3 Å². The summed E-state index contributed by atoms with van der Waals surface area (Å²) in [6, 6.07) is 7.55. The van der Waals surface area contributed by atoms with Gasteiger partial charge in [-0.2, -0.15) is 0 Å². The third kappa shape index (κ3) is 4.25. The molecule has 0 radical (unpaired) electrons. The number of hydrogen-bond acceptors (Lipinski definition) is 6. The van der Waals surface area contributed by atoms with E-state index in [9.17, 15) is 4.79 Å². The van der Waals surface area contributed by atoms with Gasteiger partial charge in [0.05, 0.1) is 18.2 Å². The van der Waals surface area contributed by atoms with Crippen molar-refractivity contribution in [3.8, 4) is 0 Å². The molecule has 0 unspecified atom stereocenters. The molecule has 162 valence electrons. The summed E-state index contributed by atoms with van der Waals surface area (Å²) < 4.78 is 5.39. The van der Waals surface area contributed by atoms with Crippen LogP contribution in [-0.2, 0) is 9.53 Å². The Kier molecular flexibility index (Phi) is 6.18. The molecule has 0 bridgehead atoms. The molecule has 8 heteroatoms. The molecule has 1 atom stereocenters. The normalized spacial score (nSPS) is 18.9. The van der Waals surface area contributed by atoms with Gasteiger partial charge in [-0.15, -0.1) is 0 Å². The highest BCUT2D eigenvalue weighted by Crippen LogP contribution is 2.34. The highest BCUT2D eigenvalue weighted by atomic mass is 32.1. The number of aromatic nitrogens is 2. The third-order valence-electron chi connectivity index (χ3n) is 5.65. The number of nitrogens with zero attached hydrogens (tertiary/aromatic N) is 4. The van der Waals surface area contributed by atoms with E-state index in [1.807, 2.05) is 43.0 Å². The zero-order valence-corrected chi connectivity index (χ0v) is 18.9. The largest absolute Gasteiger partial charge is 0.463 e. The smallest absolute Gasteiger partial charge is 0.338 e. The van der Waals surface area contributed by atoms with Gasteiger partial charge in [-0.25, -0.2) is 14.8 Å². The van der Waals surface area contributed by atoms with E-state index in [4.69, 9.17) is 17.0 Å². The number of anilines is 2. The molecule has 4 rings (SSSR count). The number of hydrogen-bond donors (Lipinski definition) is 1. The van der Waals surface area contributed by atoms with E-state index in [1.165, 1.54) is 0 Å². The molecule has 2 aliphatic rings. The monoisotopic (exact) mass is 437 g/mol. The van der Waals surface area contributed by atoms with Gasteiger partial charge in [0.2, 0.25) is 5.95 Å². The summed E-state index contributed by atoms with van der Waals surface area (Å²) in [6.07, 6.45) is 5.87. The maximum Gasteiger partial charge on any atom is 0.338 e. The molecule has 0 saturated carbocycles. The first-order valence-corrected chi connectivity index (χ1v) is 11.0. The fourth-order valence-electron chi connectivity index (χ4n) is 4.03. The van der Waals surface area contributed by atoms with Crippen LogP contribution in [0.2, 0.25) is 0 Å². The number of carbonyl (C=O) groups is 1. The minimum Gasteiger partial charge on any atom is -0.463 e. The number of thiocarbonyl (C=S) groups is 1. The second-order valence-corrected chi connectivity index (χ2v) is 8.17. The molecule has 1 aromatic carbocycles. The summed E-state index contributed by atoms with van der Waals surface area (Å²) in [7, 11) is 0. The topological polar surface area (TPSA) is 70.6 Å². The van der Waals surface area contributed by atoms with Crippen LogP contribution in [0, 0.1) is 6.92 Å². The molecule has 2 aromatic rings. The van der Waals surface area contributed by atoms with Gasteiger partial charge < -0.3 is 15.0 Å². The first kappa shape index (κ1) is 21.2. The van der Waals surface area contributed by atoms with E-state index in [-0.39, 0.29) is 5.97 Å².